The van der Waals surface area contributed by atoms with Crippen molar-refractivity contribution in [3.8, 4) is 11.3 Å². The minimum absolute atomic E-state index is 0.556. The van der Waals surface area contributed by atoms with Crippen molar-refractivity contribution >= 4 is 24.0 Å². The summed E-state index contributed by atoms with van der Waals surface area (Å²) in [7, 11) is 1.41. The molecule has 1 heterocycles. The first kappa shape index (κ1) is 14.5. The third-order valence-electron chi connectivity index (χ3n) is 3.00. The molecule has 0 spiro atoms. The number of nitrogens with two attached hydrogens (primary N) is 1. The summed E-state index contributed by atoms with van der Waals surface area (Å²) < 4.78 is 12.2. The molecule has 2 rings (SSSR count). The fourth-order valence-corrected chi connectivity index (χ4v) is 3.02. The lowest BCUT2D eigenvalue weighted by atomic mass is 10.1. The van der Waals surface area contributed by atoms with Crippen molar-refractivity contribution in [3.05, 3.63) is 30.6 Å². The zero-order chi connectivity index (χ0) is 14.9. The van der Waals surface area contributed by atoms with Gasteiger partial charge >= 0.3 is 0 Å². The highest BCUT2D eigenvalue weighted by molar-refractivity contribution is 7.70. The van der Waals surface area contributed by atoms with Crippen molar-refractivity contribution in [1.82, 2.24) is 9.97 Å². The van der Waals surface area contributed by atoms with E-state index in [9.17, 15) is 4.57 Å². The second-order valence-corrected chi connectivity index (χ2v) is 8.46. The van der Waals surface area contributed by atoms with Gasteiger partial charge in [-0.25, -0.2) is 4.98 Å². The number of benzene rings is 1. The minimum Gasteiger partial charge on any atom is -0.398 e. The molecule has 1 aromatic heterocycles. The molecule has 2 N–H and O–H groups in total. The molecule has 0 amide bonds. The van der Waals surface area contributed by atoms with E-state index in [2.05, 4.69) is 9.97 Å². The normalized spacial score (nSPS) is 11.4. The van der Waals surface area contributed by atoms with Gasteiger partial charge in [0.1, 0.15) is 13.0 Å². The van der Waals surface area contributed by atoms with Gasteiger partial charge in [-0.3, -0.25) is 4.98 Å². The lowest BCUT2D eigenvalue weighted by Crippen LogP contribution is -2.11. The Bertz CT molecular complexity index is 661. The van der Waals surface area contributed by atoms with Crippen LogP contribution in [0.2, 0.25) is 0 Å². The molecule has 2 aromatic rings. The van der Waals surface area contributed by atoms with E-state index in [0.717, 1.165) is 17.1 Å². The SMILES string of the molecule is CN(C)c1cnc(-c2ccc(N)c(P(C)(C)=O)c2)cn1. The third kappa shape index (κ3) is 2.99. The Morgan fingerprint density at radius 3 is 2.35 bits per heavy atom. The van der Waals surface area contributed by atoms with Crippen molar-refractivity contribution in [2.75, 3.05) is 38.1 Å². The Balaban J connectivity index is 2.46. The predicted molar refractivity (Wildman–Crippen MR) is 85.3 cm³/mol. The number of hydrogen-bond donors (Lipinski definition) is 1. The molecule has 0 radical (unpaired) electrons. The molecule has 0 fully saturated rings. The van der Waals surface area contributed by atoms with Crippen molar-refractivity contribution in [2.24, 2.45) is 0 Å². The van der Waals surface area contributed by atoms with Crippen LogP contribution in [0.4, 0.5) is 11.5 Å². The molecule has 0 aliphatic heterocycles. The average molecular weight is 290 g/mol. The molecule has 20 heavy (non-hydrogen) atoms. The largest absolute Gasteiger partial charge is 0.398 e. The van der Waals surface area contributed by atoms with Crippen LogP contribution < -0.4 is 15.9 Å². The topological polar surface area (TPSA) is 72.1 Å². The zero-order valence-corrected chi connectivity index (χ0v) is 13.1. The van der Waals surface area contributed by atoms with Crippen LogP contribution in [0, 0.1) is 0 Å². The molecular weight excluding hydrogens is 271 g/mol. The van der Waals surface area contributed by atoms with Crippen LogP contribution in [0.3, 0.4) is 0 Å². The molecule has 0 bridgehead atoms. The summed E-state index contributed by atoms with van der Waals surface area (Å²) in [6.07, 6.45) is 3.42. The van der Waals surface area contributed by atoms with Gasteiger partial charge in [0.25, 0.3) is 0 Å². The molecule has 0 aliphatic carbocycles. The fourth-order valence-electron chi connectivity index (χ4n) is 1.87. The Morgan fingerprint density at radius 1 is 1.15 bits per heavy atom. The molecule has 5 nitrogen and oxygen atoms in total. The van der Waals surface area contributed by atoms with Crippen LogP contribution in [0.25, 0.3) is 11.3 Å². The fraction of sp³-hybridized carbons (Fsp3) is 0.286. The van der Waals surface area contributed by atoms with Crippen LogP contribution in [0.1, 0.15) is 0 Å². The summed E-state index contributed by atoms with van der Waals surface area (Å²) >= 11 is 0. The van der Waals surface area contributed by atoms with Gasteiger partial charge in [0.2, 0.25) is 0 Å². The summed E-state index contributed by atoms with van der Waals surface area (Å²) in [4.78, 5) is 10.6. The molecule has 0 saturated carbocycles. The van der Waals surface area contributed by atoms with E-state index in [1.807, 2.05) is 31.1 Å². The van der Waals surface area contributed by atoms with Crippen LogP contribution >= 0.6 is 7.14 Å². The molecule has 6 heteroatoms. The van der Waals surface area contributed by atoms with Gasteiger partial charge < -0.3 is 15.2 Å². The van der Waals surface area contributed by atoms with Crippen LogP contribution in [-0.2, 0) is 4.57 Å². The van der Waals surface area contributed by atoms with E-state index >= 15 is 0 Å². The van der Waals surface area contributed by atoms with Crippen molar-refractivity contribution in [3.63, 3.8) is 0 Å². The quantitative estimate of drug-likeness (QED) is 0.692. The van der Waals surface area contributed by atoms with Crippen molar-refractivity contribution in [2.45, 2.75) is 0 Å². The van der Waals surface area contributed by atoms with E-state index < -0.39 is 7.14 Å². The molecular formula is C14H19N4OP. The second kappa shape index (κ2) is 5.25. The summed E-state index contributed by atoms with van der Waals surface area (Å²) in [6.45, 7) is 3.42. The summed E-state index contributed by atoms with van der Waals surface area (Å²) in [5.41, 5.74) is 8.07. The monoisotopic (exact) mass is 290 g/mol. The van der Waals surface area contributed by atoms with Crippen LogP contribution in [-0.4, -0.2) is 37.4 Å². The molecule has 0 unspecified atom stereocenters. The number of anilines is 2. The van der Waals surface area contributed by atoms with E-state index in [1.54, 1.807) is 31.8 Å². The second-order valence-electron chi connectivity index (χ2n) is 5.28. The number of aromatic nitrogens is 2. The molecule has 106 valence electrons. The smallest absolute Gasteiger partial charge is 0.146 e. The van der Waals surface area contributed by atoms with Crippen LogP contribution in [0.15, 0.2) is 30.6 Å². The highest BCUT2D eigenvalue weighted by Gasteiger charge is 2.16. The highest BCUT2D eigenvalue weighted by Crippen LogP contribution is 2.38. The van der Waals surface area contributed by atoms with E-state index in [-0.39, 0.29) is 0 Å². The first-order valence-electron chi connectivity index (χ1n) is 6.24. The Kier molecular flexibility index (Phi) is 3.82. The van der Waals surface area contributed by atoms with Gasteiger partial charge in [0.15, 0.2) is 0 Å². The van der Waals surface area contributed by atoms with Gasteiger partial charge in [-0.15, -0.1) is 0 Å². The highest BCUT2D eigenvalue weighted by atomic mass is 31.2. The van der Waals surface area contributed by atoms with E-state index in [4.69, 9.17) is 5.73 Å². The Morgan fingerprint density at radius 2 is 1.85 bits per heavy atom. The lowest BCUT2D eigenvalue weighted by Gasteiger charge is -2.13. The molecule has 0 atom stereocenters. The maximum absolute atomic E-state index is 12.2. The van der Waals surface area contributed by atoms with Gasteiger partial charge in [0.05, 0.1) is 18.1 Å². The Hall–Kier alpha value is -1.87. The van der Waals surface area contributed by atoms with Gasteiger partial charge in [0, 0.05) is 30.7 Å². The maximum Gasteiger partial charge on any atom is 0.146 e. The zero-order valence-electron chi connectivity index (χ0n) is 12.2. The van der Waals surface area contributed by atoms with Crippen molar-refractivity contribution < 1.29 is 4.57 Å². The Labute approximate surface area is 119 Å². The molecule has 0 saturated heterocycles. The van der Waals surface area contributed by atoms with E-state index in [1.165, 1.54) is 0 Å². The number of rotatable bonds is 3. The van der Waals surface area contributed by atoms with Gasteiger partial charge in [-0.1, -0.05) is 6.07 Å². The standard InChI is InChI=1S/C14H19N4OP/c1-18(2)14-9-16-12(8-17-14)10-5-6-11(15)13(7-10)20(3,4)19/h5-9H,15H2,1-4H3. The predicted octanol–water partition coefficient (Wildman–Crippen LogP) is 2.04. The van der Waals surface area contributed by atoms with Crippen LogP contribution in [0.5, 0.6) is 0 Å². The lowest BCUT2D eigenvalue weighted by molar-refractivity contribution is 0.588. The summed E-state index contributed by atoms with van der Waals surface area (Å²) in [5.74, 6) is 0.793. The maximum atomic E-state index is 12.2. The minimum atomic E-state index is -2.41. The van der Waals surface area contributed by atoms with Gasteiger partial charge in [-0.2, -0.15) is 0 Å². The summed E-state index contributed by atoms with van der Waals surface area (Å²) in [6, 6.07) is 5.48. The first-order chi connectivity index (χ1) is 9.29. The molecule has 0 aliphatic rings. The van der Waals surface area contributed by atoms with Crippen molar-refractivity contribution in [1.29, 1.82) is 0 Å². The average Bonchev–Trinajstić information content (AvgIpc) is 2.38. The number of hydrogen-bond acceptors (Lipinski definition) is 5. The van der Waals surface area contributed by atoms with Gasteiger partial charge in [-0.05, 0) is 25.5 Å². The number of nitrogen functional groups attached to an aromatic ring is 1. The molecule has 1 aromatic carbocycles. The third-order valence-corrected chi connectivity index (χ3v) is 4.55. The van der Waals surface area contributed by atoms with E-state index in [0.29, 0.717) is 11.0 Å². The number of nitrogens with zero attached hydrogens (tertiary/aromatic N) is 3. The first-order valence-corrected chi connectivity index (χ1v) is 8.84. The summed E-state index contributed by atoms with van der Waals surface area (Å²) in [5, 5.41) is 0.688.